The van der Waals surface area contributed by atoms with Gasteiger partial charge >= 0.3 is 6.18 Å². The largest absolute Gasteiger partial charge is 0.542 e. The van der Waals surface area contributed by atoms with Gasteiger partial charge in [-0.15, -0.1) is 0 Å². The molecule has 2 aromatic rings. The number of amides is 4. The molecule has 4 aliphatic rings. The molecule has 14 nitrogen and oxygen atoms in total. The molecule has 6 rings (SSSR count). The maximum atomic E-state index is 13.4. The topological polar surface area (TPSA) is 219 Å². The number of alkyl halides is 3. The van der Waals surface area contributed by atoms with E-state index in [0.717, 1.165) is 22.9 Å². The molecule has 2 saturated heterocycles. The average molecular weight is 712 g/mol. The van der Waals surface area contributed by atoms with E-state index in [-0.39, 0.29) is 17.7 Å². The number of H-pyrrole nitrogens is 1. The highest BCUT2D eigenvalue weighted by molar-refractivity contribution is 6.00. The lowest BCUT2D eigenvalue weighted by molar-refractivity contribution is -0.344. The standard InChI is InChI=1S/C32H35N7O5.C2HF3O2/c1-17(33)31(42)38-13-5-9-24(38)29(40)35-19-11-12-22-26(15-19)44-27-16-23(20-7-3-4-8-21(20)28(27)36-22)37-30(41)25-10-6-14-39(25)32(43)18(2)34;3-2(4,5)1(6)7/h3-4,7-8,11-12,15-18,24-25H,5-6,9-10,13-14,33-34H2,1-2H3,(H,35,40);(H,6,7)/t17-,18-,24-,25-;/m0./s1. The molecular weight excluding hydrogens is 675 g/mol. The summed E-state index contributed by atoms with van der Waals surface area (Å²) in [5.74, 6) is -3.74. The van der Waals surface area contributed by atoms with Gasteiger partial charge in [0.05, 0.1) is 22.8 Å². The number of fused-ring (bicyclic) bond motifs is 4. The number of aromatic amines is 1. The zero-order chi connectivity index (χ0) is 37.2. The number of benzene rings is 3. The number of carbonyl (C=O) groups excluding carboxylic acids is 5. The zero-order valence-electron chi connectivity index (χ0n) is 27.7. The SMILES string of the molecule is C[C@H](N)C(=O)N1CCC[C@H]1C(=O)N=c1cc2oc3cc(NC(=O)[C@@H]4CCCN4C(=O)[C@H](C)N)ccc3[nH+]c-2c2ccccc12.O=C([O-])C(F)(F)F. The zero-order valence-corrected chi connectivity index (χ0v) is 27.7. The van der Waals surface area contributed by atoms with Crippen LogP contribution in [0, 0.1) is 0 Å². The Balaban J connectivity index is 0.000000654. The Kier molecular flexibility index (Phi) is 10.7. The van der Waals surface area contributed by atoms with Gasteiger partial charge in [0.25, 0.3) is 11.6 Å². The molecular formula is C34H36F3N7O7. The summed E-state index contributed by atoms with van der Waals surface area (Å²) in [5, 5.41) is 13.7. The number of likely N-dealkylation sites (tertiary alicyclic amines) is 2. The summed E-state index contributed by atoms with van der Waals surface area (Å²) in [5.41, 5.74) is 14.0. The van der Waals surface area contributed by atoms with Crippen molar-refractivity contribution < 1.29 is 51.7 Å². The Morgan fingerprint density at radius 2 is 1.49 bits per heavy atom. The molecule has 270 valence electrons. The molecule has 3 aliphatic heterocycles. The van der Waals surface area contributed by atoms with Gasteiger partial charge in [0.2, 0.25) is 34.6 Å². The molecule has 2 fully saturated rings. The van der Waals surface area contributed by atoms with Crippen molar-refractivity contribution >= 4 is 57.2 Å². The first kappa shape index (κ1) is 36.9. The summed E-state index contributed by atoms with van der Waals surface area (Å²) in [6.07, 6.45) is -2.66. The van der Waals surface area contributed by atoms with Gasteiger partial charge in [0.15, 0.2) is 0 Å². The molecule has 0 unspecified atom stereocenters. The third-order valence-electron chi connectivity index (χ3n) is 8.62. The van der Waals surface area contributed by atoms with Crippen molar-refractivity contribution in [3.63, 3.8) is 0 Å². The van der Waals surface area contributed by atoms with E-state index in [1.807, 2.05) is 30.3 Å². The molecule has 1 aliphatic carbocycles. The summed E-state index contributed by atoms with van der Waals surface area (Å²) in [6.45, 7) is 4.20. The van der Waals surface area contributed by atoms with Crippen LogP contribution in [0.5, 0.6) is 0 Å². The summed E-state index contributed by atoms with van der Waals surface area (Å²) in [7, 11) is 0. The first-order chi connectivity index (χ1) is 24.1. The Labute approximate surface area is 288 Å². The highest BCUT2D eigenvalue weighted by atomic mass is 19.4. The fourth-order valence-electron chi connectivity index (χ4n) is 6.21. The van der Waals surface area contributed by atoms with Gasteiger partial charge in [-0.3, -0.25) is 19.2 Å². The fourth-order valence-corrected chi connectivity index (χ4v) is 6.21. The highest BCUT2D eigenvalue weighted by Crippen LogP contribution is 2.29. The number of carbonyl (C=O) groups is 5. The number of carboxylic acid groups (broad SMARTS) is 1. The van der Waals surface area contributed by atoms with Crippen LogP contribution < -0.4 is 32.2 Å². The van der Waals surface area contributed by atoms with Gasteiger partial charge < -0.3 is 40.9 Å². The lowest BCUT2D eigenvalue weighted by atomic mass is 10.0. The predicted molar refractivity (Wildman–Crippen MR) is 174 cm³/mol. The molecule has 4 amide bonds. The molecule has 0 bridgehead atoms. The first-order valence-corrected chi connectivity index (χ1v) is 16.2. The highest BCUT2D eigenvalue weighted by Gasteiger charge is 2.36. The predicted octanol–water partition coefficient (Wildman–Crippen LogP) is 0.846. The van der Waals surface area contributed by atoms with Crippen LogP contribution in [0.15, 0.2) is 57.9 Å². The molecule has 0 spiro atoms. The molecule has 0 radical (unpaired) electrons. The second-order valence-corrected chi connectivity index (χ2v) is 12.4. The van der Waals surface area contributed by atoms with Gasteiger partial charge in [-0.25, -0.2) is 4.99 Å². The summed E-state index contributed by atoms with van der Waals surface area (Å²) in [6, 6.07) is 12.0. The molecule has 3 heterocycles. The van der Waals surface area contributed by atoms with E-state index in [1.165, 1.54) is 4.90 Å². The molecule has 51 heavy (non-hydrogen) atoms. The van der Waals surface area contributed by atoms with Crippen LogP contribution in [-0.4, -0.2) is 82.8 Å². The van der Waals surface area contributed by atoms with Gasteiger partial charge in [-0.2, -0.15) is 18.2 Å². The summed E-state index contributed by atoms with van der Waals surface area (Å²) >= 11 is 0. The van der Waals surface area contributed by atoms with E-state index in [2.05, 4.69) is 15.3 Å². The van der Waals surface area contributed by atoms with Crippen LogP contribution in [0.25, 0.3) is 33.3 Å². The Morgan fingerprint density at radius 3 is 2.08 bits per heavy atom. The fraction of sp³-hybridized carbons (Fsp3) is 0.382. The molecule has 17 heteroatoms. The number of nitrogens with two attached hydrogens (primary N) is 2. The molecule has 6 N–H and O–H groups in total. The van der Waals surface area contributed by atoms with Crippen molar-refractivity contribution in [2.24, 2.45) is 16.5 Å². The smallest absolute Gasteiger partial charge is 0.430 e. The van der Waals surface area contributed by atoms with Crippen molar-refractivity contribution in [1.29, 1.82) is 0 Å². The first-order valence-electron chi connectivity index (χ1n) is 16.2. The van der Waals surface area contributed by atoms with Gasteiger partial charge in [-0.1, -0.05) is 18.2 Å². The Hall–Kier alpha value is -5.42. The number of carboxylic acids is 1. The molecule has 4 atom stereocenters. The molecule has 2 aromatic carbocycles. The van der Waals surface area contributed by atoms with Crippen LogP contribution in [0.4, 0.5) is 18.9 Å². The summed E-state index contributed by atoms with van der Waals surface area (Å²) in [4.78, 5) is 71.4. The van der Waals surface area contributed by atoms with Crippen LogP contribution >= 0.6 is 0 Å². The average Bonchev–Trinajstić information content (AvgIpc) is 3.78. The second-order valence-electron chi connectivity index (χ2n) is 12.4. The van der Waals surface area contributed by atoms with Crippen LogP contribution in [0.2, 0.25) is 0 Å². The second kappa shape index (κ2) is 14.8. The van der Waals surface area contributed by atoms with Crippen molar-refractivity contribution in [2.45, 2.75) is 69.9 Å². The van der Waals surface area contributed by atoms with E-state index in [9.17, 15) is 32.3 Å². The Bertz CT molecular complexity index is 2050. The number of anilines is 1. The minimum Gasteiger partial charge on any atom is -0.542 e. The number of nitrogens with zero attached hydrogens (tertiary/aromatic N) is 3. The maximum Gasteiger partial charge on any atom is 0.430 e. The van der Waals surface area contributed by atoms with Crippen LogP contribution in [0.3, 0.4) is 0 Å². The van der Waals surface area contributed by atoms with Crippen LogP contribution in [0.1, 0.15) is 39.5 Å². The third-order valence-corrected chi connectivity index (χ3v) is 8.62. The quantitative estimate of drug-likeness (QED) is 0.197. The van der Waals surface area contributed by atoms with Crippen molar-refractivity contribution in [3.05, 3.63) is 53.9 Å². The van der Waals surface area contributed by atoms with E-state index < -0.39 is 42.2 Å². The van der Waals surface area contributed by atoms with E-state index in [4.69, 9.17) is 25.8 Å². The minimum atomic E-state index is -5.19. The van der Waals surface area contributed by atoms with Crippen molar-refractivity contribution in [1.82, 2.24) is 9.80 Å². The number of aliphatic carboxylic acids is 1. The summed E-state index contributed by atoms with van der Waals surface area (Å²) < 4.78 is 37.9. The van der Waals surface area contributed by atoms with E-state index in [0.29, 0.717) is 60.3 Å². The van der Waals surface area contributed by atoms with Gasteiger partial charge in [-0.05, 0) is 51.7 Å². The van der Waals surface area contributed by atoms with E-state index in [1.54, 1.807) is 36.9 Å². The van der Waals surface area contributed by atoms with E-state index >= 15 is 0 Å². The molecule has 0 aromatic heterocycles. The maximum absolute atomic E-state index is 13.4. The number of aromatic nitrogens is 1. The number of hydrogen-bond donors (Lipinski definition) is 3. The lowest BCUT2D eigenvalue weighted by Gasteiger charge is -2.25. The minimum absolute atomic E-state index is 0.245. The molecule has 0 saturated carbocycles. The van der Waals surface area contributed by atoms with Crippen molar-refractivity contribution in [3.8, 4) is 11.5 Å². The van der Waals surface area contributed by atoms with Gasteiger partial charge in [0.1, 0.15) is 18.1 Å². The van der Waals surface area contributed by atoms with Crippen molar-refractivity contribution in [2.75, 3.05) is 18.4 Å². The lowest BCUT2D eigenvalue weighted by Crippen LogP contribution is -2.48. The number of hydrogen-bond acceptors (Lipinski definition) is 9. The number of nitrogens with one attached hydrogen (secondary N) is 2. The third kappa shape index (κ3) is 7.99. The van der Waals surface area contributed by atoms with Crippen LogP contribution in [-0.2, 0) is 24.0 Å². The number of rotatable bonds is 5. The normalized spacial score (nSPS) is 19.2. The number of halogens is 3. The Morgan fingerprint density at radius 1 is 0.922 bits per heavy atom. The van der Waals surface area contributed by atoms with Gasteiger partial charge in [0, 0.05) is 42.4 Å². The monoisotopic (exact) mass is 711 g/mol.